The molecule has 0 saturated heterocycles. The molecule has 0 aliphatic heterocycles. The van der Waals surface area contributed by atoms with Gasteiger partial charge in [0.05, 0.1) is 0 Å². The second kappa shape index (κ2) is 6.73. The number of nitrogens with zero attached hydrogens (tertiary/aromatic N) is 2. The minimum atomic E-state index is 0.745. The van der Waals surface area contributed by atoms with E-state index in [2.05, 4.69) is 27.3 Å². The van der Waals surface area contributed by atoms with Crippen LogP contribution in [0.1, 0.15) is 16.8 Å². The summed E-state index contributed by atoms with van der Waals surface area (Å²) < 4.78 is 0. The third-order valence-corrected chi connectivity index (χ3v) is 3.51. The average Bonchev–Trinajstić information content (AvgIpc) is 2.41. The fourth-order valence-corrected chi connectivity index (χ4v) is 2.38. The summed E-state index contributed by atoms with van der Waals surface area (Å²) in [5.74, 6) is 0.968. The summed E-state index contributed by atoms with van der Waals surface area (Å²) in [6, 6.07) is 12.1. The first-order valence-corrected chi connectivity index (χ1v) is 7.04. The number of halogens is 1. The summed E-state index contributed by atoms with van der Waals surface area (Å²) in [5, 5.41) is 3.96. The Morgan fingerprint density at radius 1 is 1.25 bits per heavy atom. The number of aromatic nitrogens is 1. The van der Waals surface area contributed by atoms with Crippen LogP contribution in [0.25, 0.3) is 0 Å². The molecule has 0 unspecified atom stereocenters. The molecule has 2 aromatic rings. The molecule has 3 nitrogen and oxygen atoms in total. The van der Waals surface area contributed by atoms with E-state index in [1.165, 1.54) is 5.56 Å². The van der Waals surface area contributed by atoms with Gasteiger partial charge in [0.2, 0.25) is 0 Å². The Morgan fingerprint density at radius 3 is 2.70 bits per heavy atom. The van der Waals surface area contributed by atoms with E-state index in [-0.39, 0.29) is 0 Å². The van der Waals surface area contributed by atoms with Gasteiger partial charge in [0, 0.05) is 30.9 Å². The smallest absolute Gasteiger partial charge is 0.129 e. The number of pyridine rings is 1. The van der Waals surface area contributed by atoms with Gasteiger partial charge < -0.3 is 10.2 Å². The van der Waals surface area contributed by atoms with Gasteiger partial charge in [-0.25, -0.2) is 4.98 Å². The fourth-order valence-electron chi connectivity index (χ4n) is 2.19. The third kappa shape index (κ3) is 3.71. The van der Waals surface area contributed by atoms with Gasteiger partial charge in [0.25, 0.3) is 0 Å². The number of nitrogens with one attached hydrogen (secondary N) is 1. The highest BCUT2D eigenvalue weighted by Crippen LogP contribution is 2.20. The molecule has 2 rings (SSSR count). The van der Waals surface area contributed by atoms with Gasteiger partial charge in [-0.15, -0.1) is 0 Å². The van der Waals surface area contributed by atoms with Crippen molar-refractivity contribution in [1.82, 2.24) is 10.3 Å². The SMILES string of the molecule is CNCc1cc(C)nc(N(C)Cc2ccccc2Cl)c1. The van der Waals surface area contributed by atoms with Crippen molar-refractivity contribution >= 4 is 17.4 Å². The Bertz CT molecular complexity index is 584. The van der Waals surface area contributed by atoms with Crippen LogP contribution in [-0.4, -0.2) is 19.1 Å². The molecule has 0 amide bonds. The molecule has 0 bridgehead atoms. The monoisotopic (exact) mass is 289 g/mol. The van der Waals surface area contributed by atoms with Crippen molar-refractivity contribution in [3.63, 3.8) is 0 Å². The van der Waals surface area contributed by atoms with Crippen molar-refractivity contribution in [3.05, 3.63) is 58.2 Å². The zero-order valence-electron chi connectivity index (χ0n) is 12.2. The number of benzene rings is 1. The van der Waals surface area contributed by atoms with Gasteiger partial charge >= 0.3 is 0 Å². The standard InChI is InChI=1S/C16H20ClN3/c1-12-8-13(10-18-2)9-16(19-12)20(3)11-14-6-4-5-7-15(14)17/h4-9,18H,10-11H2,1-3H3. The second-order valence-electron chi connectivity index (χ2n) is 4.95. The van der Waals surface area contributed by atoms with E-state index in [4.69, 9.17) is 11.6 Å². The fraction of sp³-hybridized carbons (Fsp3) is 0.312. The Kier molecular flexibility index (Phi) is 4.99. The molecule has 0 spiro atoms. The van der Waals surface area contributed by atoms with Gasteiger partial charge in [-0.1, -0.05) is 29.8 Å². The van der Waals surface area contributed by atoms with Crippen LogP contribution in [0.3, 0.4) is 0 Å². The molecule has 20 heavy (non-hydrogen) atoms. The van der Waals surface area contributed by atoms with Crippen LogP contribution in [0.4, 0.5) is 5.82 Å². The molecule has 0 atom stereocenters. The molecule has 0 aliphatic rings. The number of aryl methyl sites for hydroxylation is 1. The Balaban J connectivity index is 2.20. The molecule has 0 aliphatic carbocycles. The molecule has 106 valence electrons. The van der Waals surface area contributed by atoms with Gasteiger partial charge in [-0.3, -0.25) is 0 Å². The molecule has 0 saturated carbocycles. The number of anilines is 1. The van der Waals surface area contributed by atoms with Crippen LogP contribution in [0.5, 0.6) is 0 Å². The summed E-state index contributed by atoms with van der Waals surface area (Å²) in [6.45, 7) is 3.61. The lowest BCUT2D eigenvalue weighted by atomic mass is 10.2. The maximum Gasteiger partial charge on any atom is 0.129 e. The lowest BCUT2D eigenvalue weighted by Crippen LogP contribution is -2.19. The molecule has 0 fully saturated rings. The van der Waals surface area contributed by atoms with Crippen LogP contribution in [0.2, 0.25) is 5.02 Å². The molecule has 1 aromatic carbocycles. The Morgan fingerprint density at radius 2 is 2.00 bits per heavy atom. The van der Waals surface area contributed by atoms with E-state index in [0.717, 1.165) is 35.2 Å². The van der Waals surface area contributed by atoms with Crippen molar-refractivity contribution in [2.75, 3.05) is 19.0 Å². The highest BCUT2D eigenvalue weighted by molar-refractivity contribution is 6.31. The van der Waals surface area contributed by atoms with Crippen LogP contribution in [0, 0.1) is 6.92 Å². The number of rotatable bonds is 5. The molecule has 1 aromatic heterocycles. The van der Waals surface area contributed by atoms with Crippen LogP contribution in [0.15, 0.2) is 36.4 Å². The van der Waals surface area contributed by atoms with E-state index in [1.54, 1.807) is 0 Å². The molecule has 1 N–H and O–H groups in total. The minimum absolute atomic E-state index is 0.745. The first-order valence-electron chi connectivity index (χ1n) is 6.67. The highest BCUT2D eigenvalue weighted by Gasteiger charge is 2.08. The van der Waals surface area contributed by atoms with Gasteiger partial charge in [0.15, 0.2) is 0 Å². The highest BCUT2D eigenvalue weighted by atomic mass is 35.5. The quantitative estimate of drug-likeness (QED) is 0.914. The topological polar surface area (TPSA) is 28.2 Å². The first-order chi connectivity index (χ1) is 9.60. The van der Waals surface area contributed by atoms with E-state index in [1.807, 2.05) is 45.3 Å². The summed E-state index contributed by atoms with van der Waals surface area (Å²) in [5.41, 5.74) is 3.37. The Labute approximate surface area is 125 Å². The summed E-state index contributed by atoms with van der Waals surface area (Å²) in [7, 11) is 3.98. The van der Waals surface area contributed by atoms with E-state index >= 15 is 0 Å². The van der Waals surface area contributed by atoms with Crippen LogP contribution in [-0.2, 0) is 13.1 Å². The van der Waals surface area contributed by atoms with Crippen LogP contribution >= 0.6 is 11.6 Å². The van der Waals surface area contributed by atoms with Gasteiger partial charge in [-0.2, -0.15) is 0 Å². The van der Waals surface area contributed by atoms with Gasteiger partial charge in [-0.05, 0) is 43.3 Å². The van der Waals surface area contributed by atoms with Crippen LogP contribution < -0.4 is 10.2 Å². The predicted molar refractivity (Wildman–Crippen MR) is 85.3 cm³/mol. The zero-order valence-corrected chi connectivity index (χ0v) is 12.9. The van der Waals surface area contributed by atoms with Crippen molar-refractivity contribution in [3.8, 4) is 0 Å². The van der Waals surface area contributed by atoms with E-state index in [0.29, 0.717) is 0 Å². The summed E-state index contributed by atoms with van der Waals surface area (Å²) in [4.78, 5) is 6.72. The molecule has 0 radical (unpaired) electrons. The number of hydrogen-bond acceptors (Lipinski definition) is 3. The number of hydrogen-bond donors (Lipinski definition) is 1. The normalized spacial score (nSPS) is 10.6. The predicted octanol–water partition coefficient (Wildman–Crippen LogP) is 3.40. The maximum absolute atomic E-state index is 6.21. The lowest BCUT2D eigenvalue weighted by Gasteiger charge is -2.20. The summed E-state index contributed by atoms with van der Waals surface area (Å²) in [6.07, 6.45) is 0. The largest absolute Gasteiger partial charge is 0.355 e. The Hall–Kier alpha value is -1.58. The molecule has 4 heteroatoms. The third-order valence-electron chi connectivity index (χ3n) is 3.14. The summed E-state index contributed by atoms with van der Waals surface area (Å²) >= 11 is 6.21. The molecular formula is C16H20ClN3. The first kappa shape index (κ1) is 14.8. The van der Waals surface area contributed by atoms with Crippen molar-refractivity contribution in [2.45, 2.75) is 20.0 Å². The van der Waals surface area contributed by atoms with Gasteiger partial charge in [0.1, 0.15) is 5.82 Å². The lowest BCUT2D eigenvalue weighted by molar-refractivity contribution is 0.809. The zero-order chi connectivity index (χ0) is 14.5. The van der Waals surface area contributed by atoms with Crippen molar-refractivity contribution in [2.24, 2.45) is 0 Å². The van der Waals surface area contributed by atoms with Crippen molar-refractivity contribution in [1.29, 1.82) is 0 Å². The second-order valence-corrected chi connectivity index (χ2v) is 5.36. The molecular weight excluding hydrogens is 270 g/mol. The van der Waals surface area contributed by atoms with E-state index < -0.39 is 0 Å². The molecule has 1 heterocycles. The van der Waals surface area contributed by atoms with E-state index in [9.17, 15) is 0 Å². The van der Waals surface area contributed by atoms with Crippen molar-refractivity contribution < 1.29 is 0 Å². The minimum Gasteiger partial charge on any atom is -0.355 e. The maximum atomic E-state index is 6.21. The average molecular weight is 290 g/mol.